The number of halogens is 4. The van der Waals surface area contributed by atoms with E-state index in [-0.39, 0.29) is 23.9 Å². The SMILES string of the molecule is CC(=O)N1CCC(CC(=O)N2CCC(c3cn(-c4ccc(Cl)cc4)c4cnccc34)CC2)CC1.CN1CCN(C(=O)N2CCC(c3cn(-c4ccc(Cl)cc4)c4cnccc34)CC2)CC1.CN1CCN(C(=O)N2CCC(c3cn(-c4ccc(Cl)cc4)c4cnccc34)CC2)CC1.O=C(CCC1CCNCC1)N1CCC(c2cn(-c3ccc(Cl)cc3)c3cnccc23)CC1. The Kier molecular flexibility index (Phi) is 29.1. The summed E-state index contributed by atoms with van der Waals surface area (Å²) in [5.41, 5.74) is 14.1. The topological polar surface area (TPSA) is 198 Å². The van der Waals surface area contributed by atoms with Gasteiger partial charge in [-0.25, -0.2) is 9.59 Å². The second-order valence-electron chi connectivity index (χ2n) is 36.2. The van der Waals surface area contributed by atoms with Crippen LogP contribution in [-0.4, -0.2) is 257 Å². The highest BCUT2D eigenvalue weighted by Crippen LogP contribution is 2.42. The van der Waals surface area contributed by atoms with Gasteiger partial charge < -0.3 is 67.7 Å². The first-order valence-electron chi connectivity index (χ1n) is 46.2. The third kappa shape index (κ3) is 21.1. The predicted octanol–water partition coefficient (Wildman–Crippen LogP) is 18.6. The van der Waals surface area contributed by atoms with Gasteiger partial charge in [0.15, 0.2) is 0 Å². The number of piperazine rings is 2. The number of nitrogens with one attached hydrogen (secondary N) is 1. The van der Waals surface area contributed by atoms with Crippen molar-refractivity contribution in [3.05, 3.63) is 238 Å². The van der Waals surface area contributed by atoms with Gasteiger partial charge >= 0.3 is 12.1 Å². The van der Waals surface area contributed by atoms with E-state index in [1.807, 2.05) is 176 Å². The Hall–Kier alpha value is -10.4. The molecule has 1 N–H and O–H groups in total. The van der Waals surface area contributed by atoms with Crippen LogP contribution in [0.2, 0.25) is 20.1 Å². The van der Waals surface area contributed by atoms with Crippen molar-refractivity contribution in [3.63, 3.8) is 0 Å². The number of rotatable bonds is 13. The molecule has 0 atom stereocenters. The van der Waals surface area contributed by atoms with E-state index in [4.69, 9.17) is 46.4 Å². The van der Waals surface area contributed by atoms with Crippen LogP contribution in [0.5, 0.6) is 0 Å². The van der Waals surface area contributed by atoms with Crippen LogP contribution >= 0.6 is 46.4 Å². The van der Waals surface area contributed by atoms with Crippen molar-refractivity contribution < 1.29 is 24.0 Å². The lowest BCUT2D eigenvalue weighted by atomic mass is 9.88. The van der Waals surface area contributed by atoms with Gasteiger partial charge in [0.2, 0.25) is 17.7 Å². The van der Waals surface area contributed by atoms with Crippen LogP contribution in [0.15, 0.2) is 196 Å². The fraction of sp³-hybridized carbons (Fsp3) is 0.436. The Labute approximate surface area is 770 Å². The summed E-state index contributed by atoms with van der Waals surface area (Å²) in [6, 6.07) is 40.5. The molecule has 8 aliphatic rings. The minimum atomic E-state index is 0.139. The van der Waals surface area contributed by atoms with E-state index >= 15 is 0 Å². The maximum absolute atomic E-state index is 13.0. The van der Waals surface area contributed by atoms with Gasteiger partial charge in [-0.2, -0.15) is 0 Å². The summed E-state index contributed by atoms with van der Waals surface area (Å²) in [6.07, 6.45) is 38.7. The maximum Gasteiger partial charge on any atom is 0.320 e. The van der Waals surface area contributed by atoms with Crippen LogP contribution in [0.25, 0.3) is 66.4 Å². The maximum atomic E-state index is 13.0. The summed E-state index contributed by atoms with van der Waals surface area (Å²) in [5.74, 6) is 3.62. The Morgan fingerprint density at radius 3 is 0.891 bits per heavy atom. The first-order chi connectivity index (χ1) is 62.4. The van der Waals surface area contributed by atoms with E-state index in [1.165, 1.54) is 56.6 Å². The minimum absolute atomic E-state index is 0.139. The molecule has 670 valence electrons. The van der Waals surface area contributed by atoms with Gasteiger partial charge in [0, 0.05) is 252 Å². The van der Waals surface area contributed by atoms with Crippen LogP contribution in [0.4, 0.5) is 9.59 Å². The highest BCUT2D eigenvalue weighted by Gasteiger charge is 2.36. The molecule has 8 aromatic heterocycles. The Morgan fingerprint density at radius 1 is 0.320 bits per heavy atom. The van der Waals surface area contributed by atoms with Crippen LogP contribution in [-0.2, 0) is 14.4 Å². The fourth-order valence-electron chi connectivity index (χ4n) is 20.5. The highest BCUT2D eigenvalue weighted by molar-refractivity contribution is 6.31. The molecule has 4 aromatic carbocycles. The van der Waals surface area contributed by atoms with Crippen molar-refractivity contribution >= 4 is 120 Å². The Balaban J connectivity index is 0.000000120. The highest BCUT2D eigenvalue weighted by atomic mass is 35.5. The van der Waals surface area contributed by atoms with Crippen LogP contribution in [0.1, 0.15) is 149 Å². The second-order valence-corrected chi connectivity index (χ2v) is 37.9. The van der Waals surface area contributed by atoms with Crippen molar-refractivity contribution in [2.24, 2.45) is 11.8 Å². The number of piperidine rings is 6. The minimum Gasteiger partial charge on any atom is -0.343 e. The van der Waals surface area contributed by atoms with Gasteiger partial charge in [-0.05, 0) is 290 Å². The molecule has 8 saturated heterocycles. The van der Waals surface area contributed by atoms with E-state index in [2.05, 4.69) is 121 Å². The predicted molar refractivity (Wildman–Crippen MR) is 512 cm³/mol. The van der Waals surface area contributed by atoms with Gasteiger partial charge in [-0.1, -0.05) is 46.4 Å². The number of carbonyl (C=O) groups is 5. The summed E-state index contributed by atoms with van der Waals surface area (Å²) >= 11 is 24.4. The largest absolute Gasteiger partial charge is 0.343 e. The van der Waals surface area contributed by atoms with Crippen molar-refractivity contribution in [2.75, 3.05) is 145 Å². The third-order valence-corrected chi connectivity index (χ3v) is 29.3. The van der Waals surface area contributed by atoms with Crippen molar-refractivity contribution in [1.29, 1.82) is 0 Å². The molecule has 8 fully saturated rings. The average Bonchev–Trinajstić information content (AvgIpc) is 1.79. The molecule has 0 saturated carbocycles. The Morgan fingerprint density at radius 2 is 0.594 bits per heavy atom. The number of hydrogen-bond donors (Lipinski definition) is 1. The lowest BCUT2D eigenvalue weighted by Crippen LogP contribution is -2.53. The van der Waals surface area contributed by atoms with E-state index in [0.717, 1.165) is 266 Å². The smallest absolute Gasteiger partial charge is 0.320 e. The molecule has 16 heterocycles. The molecule has 20 rings (SSSR count). The van der Waals surface area contributed by atoms with Gasteiger partial charge in [0.25, 0.3) is 0 Å². The van der Waals surface area contributed by atoms with E-state index < -0.39 is 0 Å². The molecule has 8 aliphatic heterocycles. The van der Waals surface area contributed by atoms with E-state index in [1.54, 1.807) is 6.92 Å². The quantitative estimate of drug-likeness (QED) is 0.115. The number of benzene rings is 4. The third-order valence-electron chi connectivity index (χ3n) is 28.3. The Bertz CT molecular complexity index is 5610. The first-order valence-corrected chi connectivity index (χ1v) is 47.7. The molecular formula is C101H118Cl4N18O5. The molecule has 0 unspecified atom stereocenters. The first kappa shape index (κ1) is 89.6. The number of pyridine rings is 4. The van der Waals surface area contributed by atoms with Gasteiger partial charge in [-0.3, -0.25) is 34.3 Å². The summed E-state index contributed by atoms with van der Waals surface area (Å²) in [4.78, 5) is 99.3. The molecule has 0 bridgehead atoms. The van der Waals surface area contributed by atoms with Crippen LogP contribution < -0.4 is 5.32 Å². The number of carbonyl (C=O) groups excluding carboxylic acids is 5. The summed E-state index contributed by atoms with van der Waals surface area (Å²) in [7, 11) is 4.23. The molecule has 12 aromatic rings. The zero-order valence-electron chi connectivity index (χ0n) is 73.8. The molecule has 0 spiro atoms. The number of urea groups is 2. The summed E-state index contributed by atoms with van der Waals surface area (Å²) < 4.78 is 8.81. The average molecular weight is 1810 g/mol. The zero-order chi connectivity index (χ0) is 88.3. The summed E-state index contributed by atoms with van der Waals surface area (Å²) in [6.45, 7) is 19.1. The lowest BCUT2D eigenvalue weighted by Gasteiger charge is -2.39. The second kappa shape index (κ2) is 41.6. The number of likely N-dealkylation sites (tertiary alicyclic amines) is 5. The number of fused-ring (bicyclic) bond motifs is 4. The van der Waals surface area contributed by atoms with Crippen molar-refractivity contribution in [3.8, 4) is 22.7 Å². The monoisotopic (exact) mass is 1800 g/mol. The number of nitrogens with zero attached hydrogens (tertiary/aromatic N) is 17. The molecule has 23 nitrogen and oxygen atoms in total. The zero-order valence-corrected chi connectivity index (χ0v) is 76.9. The standard InChI is InChI=1S/C27H31ClN4O2.C26H31ClN4O.2C24H28ClN5O/c1-19(33)30-12-7-20(8-13-30)16-27(34)31-14-9-21(10-15-31)25-18-32(23-4-2-22(28)3-5-23)26-17-29-11-6-24(25)26;27-21-2-4-22(5-3-21)31-18-24(23-9-14-29-17-25(23)31)20-10-15-30(16-11-20)26(32)6-1-19-7-12-28-13-8-19;2*1-27-12-14-29(15-13-27)24(31)28-10-7-18(8-11-28)22-17-30(20-4-2-19(25)3-5-20)23-16-26-9-6-21(22)23/h2-6,11,17-18,20-21H,7-10,12-16H2,1H3;2-5,9,14,17-20,28H,1,6-8,10-13,15-16H2;2*2-6,9,16-18H,7-8,10-15H2,1H3. The number of likely N-dealkylation sites (N-methyl/N-ethyl adjacent to an activating group) is 2. The van der Waals surface area contributed by atoms with Crippen LogP contribution in [0.3, 0.4) is 0 Å². The normalized spacial score (nSPS) is 18.4. The van der Waals surface area contributed by atoms with Crippen LogP contribution in [0, 0.1) is 11.8 Å². The molecular weight excluding hydrogens is 1690 g/mol. The van der Waals surface area contributed by atoms with Gasteiger partial charge in [0.05, 0.1) is 46.9 Å². The molecule has 0 aliphatic carbocycles. The van der Waals surface area contributed by atoms with Crippen molar-refractivity contribution in [1.82, 2.24) is 87.6 Å². The molecule has 0 radical (unpaired) electrons. The molecule has 128 heavy (non-hydrogen) atoms. The number of amides is 7. The lowest BCUT2D eigenvalue weighted by molar-refractivity contribution is -0.134. The van der Waals surface area contributed by atoms with Gasteiger partial charge in [0.1, 0.15) is 0 Å². The summed E-state index contributed by atoms with van der Waals surface area (Å²) in [5, 5.41) is 11.3. The molecule has 7 amide bonds. The van der Waals surface area contributed by atoms with Crippen molar-refractivity contribution in [2.45, 2.75) is 127 Å². The van der Waals surface area contributed by atoms with E-state index in [0.29, 0.717) is 54.3 Å². The molecule has 27 heteroatoms. The fourth-order valence-corrected chi connectivity index (χ4v) is 21.0. The number of hydrogen-bond acceptors (Lipinski definition) is 12. The number of aromatic nitrogens is 8. The van der Waals surface area contributed by atoms with E-state index in [9.17, 15) is 24.0 Å². The van der Waals surface area contributed by atoms with Gasteiger partial charge in [-0.15, -0.1) is 0 Å².